The number of nitrogens with one attached hydrogen (secondary N) is 1. The number of para-hydroxylation sites is 1. The Balaban J connectivity index is 0.00000208. The minimum absolute atomic E-state index is 0. The van der Waals surface area contributed by atoms with Crippen LogP contribution >= 0.6 is 12.4 Å². The molecule has 24 heavy (non-hydrogen) atoms. The lowest BCUT2D eigenvalue weighted by Gasteiger charge is -2.28. The maximum Gasteiger partial charge on any atom is 0.229 e. The largest absolute Gasteiger partial charge is 0.375 e. The minimum atomic E-state index is -0.0433. The van der Waals surface area contributed by atoms with Gasteiger partial charge in [-0.25, -0.2) is 0 Å². The number of morpholine rings is 1. The summed E-state index contributed by atoms with van der Waals surface area (Å²) in [5.41, 5.74) is 2.04. The van der Waals surface area contributed by atoms with Crippen LogP contribution in [0.25, 0.3) is 0 Å². The normalized spacial score (nSPS) is 16.9. The van der Waals surface area contributed by atoms with Crippen LogP contribution < -0.4 is 10.2 Å². The van der Waals surface area contributed by atoms with Crippen molar-refractivity contribution in [3.05, 3.63) is 66.2 Å². The fraction of sp³-hybridized carbons (Fsp3) is 0.316. The third kappa shape index (κ3) is 5.06. The molecule has 1 N–H and O–H groups in total. The zero-order valence-corrected chi connectivity index (χ0v) is 14.4. The van der Waals surface area contributed by atoms with Gasteiger partial charge >= 0.3 is 0 Å². The summed E-state index contributed by atoms with van der Waals surface area (Å²) >= 11 is 0. The number of hydrogen-bond acceptors (Lipinski definition) is 3. The van der Waals surface area contributed by atoms with Crippen LogP contribution in [0.1, 0.15) is 12.0 Å². The molecule has 3 rings (SSSR count). The first kappa shape index (κ1) is 18.5. The molecule has 0 radical (unpaired) electrons. The lowest BCUT2D eigenvalue weighted by atomic mass is 10.1. The summed E-state index contributed by atoms with van der Waals surface area (Å²) in [5.74, 6) is 0.0914. The molecular formula is C19H23ClN2O2. The average molecular weight is 347 g/mol. The van der Waals surface area contributed by atoms with E-state index >= 15 is 0 Å². The van der Waals surface area contributed by atoms with Crippen molar-refractivity contribution in [2.24, 2.45) is 0 Å². The topological polar surface area (TPSA) is 41.6 Å². The van der Waals surface area contributed by atoms with Gasteiger partial charge < -0.3 is 15.0 Å². The Labute approximate surface area is 149 Å². The monoisotopic (exact) mass is 346 g/mol. The number of carbonyl (C=O) groups is 1. The van der Waals surface area contributed by atoms with Crippen LogP contribution in [0.3, 0.4) is 0 Å². The van der Waals surface area contributed by atoms with E-state index in [-0.39, 0.29) is 24.4 Å². The van der Waals surface area contributed by atoms with E-state index in [0.29, 0.717) is 19.6 Å². The Hall–Kier alpha value is -1.88. The van der Waals surface area contributed by atoms with Crippen molar-refractivity contribution in [2.75, 3.05) is 24.6 Å². The van der Waals surface area contributed by atoms with Gasteiger partial charge in [0.25, 0.3) is 0 Å². The summed E-state index contributed by atoms with van der Waals surface area (Å²) in [6.07, 6.45) is 0.354. The molecule has 1 fully saturated rings. The van der Waals surface area contributed by atoms with Gasteiger partial charge in [0, 0.05) is 18.8 Å². The molecule has 0 bridgehead atoms. The smallest absolute Gasteiger partial charge is 0.229 e. The molecule has 1 heterocycles. The van der Waals surface area contributed by atoms with Crippen molar-refractivity contribution < 1.29 is 9.53 Å². The van der Waals surface area contributed by atoms with Crippen molar-refractivity contribution in [3.8, 4) is 0 Å². The highest BCUT2D eigenvalue weighted by Gasteiger charge is 2.22. The molecule has 1 aliphatic rings. The van der Waals surface area contributed by atoms with Crippen LogP contribution in [0, 0.1) is 0 Å². The van der Waals surface area contributed by atoms with E-state index in [9.17, 15) is 4.79 Å². The lowest BCUT2D eigenvalue weighted by Crippen LogP contribution is -2.42. The number of hydrogen-bond donors (Lipinski definition) is 1. The maximum absolute atomic E-state index is 12.8. The number of nitrogens with zero attached hydrogens (tertiary/aromatic N) is 1. The van der Waals surface area contributed by atoms with Crippen molar-refractivity contribution in [2.45, 2.75) is 19.1 Å². The third-order valence-electron chi connectivity index (χ3n) is 3.96. The molecular weight excluding hydrogens is 324 g/mol. The fourth-order valence-electron chi connectivity index (χ4n) is 2.75. The summed E-state index contributed by atoms with van der Waals surface area (Å²) in [4.78, 5) is 14.7. The second-order valence-corrected chi connectivity index (χ2v) is 5.70. The number of rotatable bonds is 5. The van der Waals surface area contributed by atoms with Crippen LogP contribution in [0.2, 0.25) is 0 Å². The van der Waals surface area contributed by atoms with E-state index < -0.39 is 0 Å². The SMILES string of the molecule is Cl.O=C(CC1CNCCO1)N(Cc1ccccc1)c1ccccc1. The maximum atomic E-state index is 12.8. The predicted octanol–water partition coefficient (Wildman–Crippen LogP) is 3.02. The van der Waals surface area contributed by atoms with Gasteiger partial charge in [0.1, 0.15) is 0 Å². The second-order valence-electron chi connectivity index (χ2n) is 5.70. The highest BCUT2D eigenvalue weighted by molar-refractivity contribution is 5.93. The molecule has 0 aliphatic carbocycles. The van der Waals surface area contributed by atoms with Crippen molar-refractivity contribution in [1.29, 1.82) is 0 Å². The van der Waals surface area contributed by atoms with Crippen LogP contribution in [0.5, 0.6) is 0 Å². The second kappa shape index (κ2) is 9.42. The van der Waals surface area contributed by atoms with Crippen molar-refractivity contribution in [1.82, 2.24) is 5.32 Å². The molecule has 1 atom stereocenters. The molecule has 1 saturated heterocycles. The van der Waals surface area contributed by atoms with Gasteiger partial charge in [-0.15, -0.1) is 12.4 Å². The van der Waals surface area contributed by atoms with E-state index in [2.05, 4.69) is 5.32 Å². The third-order valence-corrected chi connectivity index (χ3v) is 3.96. The summed E-state index contributed by atoms with van der Waals surface area (Å²) in [6, 6.07) is 19.9. The van der Waals surface area contributed by atoms with E-state index in [1.165, 1.54) is 0 Å². The van der Waals surface area contributed by atoms with Gasteiger partial charge in [-0.3, -0.25) is 4.79 Å². The molecule has 1 amide bonds. The number of amides is 1. The highest BCUT2D eigenvalue weighted by atomic mass is 35.5. The number of carbonyl (C=O) groups excluding carboxylic acids is 1. The molecule has 0 aromatic heterocycles. The highest BCUT2D eigenvalue weighted by Crippen LogP contribution is 2.19. The quantitative estimate of drug-likeness (QED) is 0.904. The zero-order chi connectivity index (χ0) is 15.9. The Morgan fingerprint density at radius 2 is 1.75 bits per heavy atom. The van der Waals surface area contributed by atoms with Gasteiger partial charge in [0.05, 0.1) is 25.7 Å². The summed E-state index contributed by atoms with van der Waals surface area (Å²) < 4.78 is 5.67. The Kier molecular flexibility index (Phi) is 7.25. The van der Waals surface area contributed by atoms with Gasteiger partial charge in [0.15, 0.2) is 0 Å². The van der Waals surface area contributed by atoms with Crippen LogP contribution in [-0.2, 0) is 16.1 Å². The molecule has 4 nitrogen and oxygen atoms in total. The van der Waals surface area contributed by atoms with E-state index in [1.54, 1.807) is 0 Å². The molecule has 0 saturated carbocycles. The van der Waals surface area contributed by atoms with Gasteiger partial charge in [0.2, 0.25) is 5.91 Å². The first-order chi connectivity index (χ1) is 11.3. The Morgan fingerprint density at radius 3 is 2.38 bits per heavy atom. The van der Waals surface area contributed by atoms with E-state index in [1.807, 2.05) is 65.6 Å². The molecule has 5 heteroatoms. The number of ether oxygens (including phenoxy) is 1. The first-order valence-electron chi connectivity index (χ1n) is 8.04. The first-order valence-corrected chi connectivity index (χ1v) is 8.04. The average Bonchev–Trinajstić information content (AvgIpc) is 2.62. The standard InChI is InChI=1S/C19H22N2O2.ClH/c22-19(13-18-14-20-11-12-23-18)21(17-9-5-2-6-10-17)15-16-7-3-1-4-8-16;/h1-10,18,20H,11-15H2;1H. The van der Waals surface area contributed by atoms with Gasteiger partial charge in [-0.1, -0.05) is 48.5 Å². The Bertz CT molecular complexity index is 616. The van der Waals surface area contributed by atoms with E-state index in [0.717, 1.165) is 24.3 Å². The van der Waals surface area contributed by atoms with Gasteiger partial charge in [-0.05, 0) is 17.7 Å². The van der Waals surface area contributed by atoms with E-state index in [4.69, 9.17) is 4.74 Å². The number of benzene rings is 2. The number of anilines is 1. The van der Waals surface area contributed by atoms with Crippen LogP contribution in [0.15, 0.2) is 60.7 Å². The fourth-order valence-corrected chi connectivity index (χ4v) is 2.75. The van der Waals surface area contributed by atoms with Crippen molar-refractivity contribution >= 4 is 24.0 Å². The van der Waals surface area contributed by atoms with Gasteiger partial charge in [-0.2, -0.15) is 0 Å². The minimum Gasteiger partial charge on any atom is -0.375 e. The van der Waals surface area contributed by atoms with Crippen LogP contribution in [-0.4, -0.2) is 31.7 Å². The Morgan fingerprint density at radius 1 is 1.08 bits per heavy atom. The molecule has 2 aromatic rings. The molecule has 128 valence electrons. The van der Waals surface area contributed by atoms with Crippen LogP contribution in [0.4, 0.5) is 5.69 Å². The summed E-state index contributed by atoms with van der Waals surface area (Å²) in [5, 5.41) is 3.27. The predicted molar refractivity (Wildman–Crippen MR) is 98.5 cm³/mol. The lowest BCUT2D eigenvalue weighted by molar-refractivity contribution is -0.122. The molecule has 0 spiro atoms. The summed E-state index contributed by atoms with van der Waals surface area (Å²) in [7, 11) is 0. The zero-order valence-electron chi connectivity index (χ0n) is 13.6. The molecule has 2 aromatic carbocycles. The summed E-state index contributed by atoms with van der Waals surface area (Å²) in [6.45, 7) is 2.84. The number of halogens is 1. The van der Waals surface area contributed by atoms with Crippen molar-refractivity contribution in [3.63, 3.8) is 0 Å². The molecule has 1 aliphatic heterocycles. The molecule has 1 unspecified atom stereocenters.